The second-order valence-corrected chi connectivity index (χ2v) is 6.10. The van der Waals surface area contributed by atoms with E-state index >= 15 is 0 Å². The van der Waals surface area contributed by atoms with Crippen LogP contribution in [0.3, 0.4) is 0 Å². The van der Waals surface area contributed by atoms with Gasteiger partial charge in [-0.3, -0.25) is 4.79 Å². The fourth-order valence-electron chi connectivity index (χ4n) is 2.44. The van der Waals surface area contributed by atoms with Crippen molar-refractivity contribution in [1.82, 2.24) is 10.3 Å². The topological polar surface area (TPSA) is 51.2 Å². The summed E-state index contributed by atoms with van der Waals surface area (Å²) in [6.45, 7) is 4.61. The van der Waals surface area contributed by atoms with Gasteiger partial charge in [-0.1, -0.05) is 0 Å². The predicted octanol–water partition coefficient (Wildman–Crippen LogP) is 1.58. The molecule has 5 heteroatoms. The van der Waals surface area contributed by atoms with Crippen molar-refractivity contribution in [3.05, 3.63) is 16.1 Å². The van der Waals surface area contributed by atoms with E-state index in [1.165, 1.54) is 4.88 Å². The molecule has 1 aliphatic heterocycles. The van der Waals surface area contributed by atoms with Gasteiger partial charge in [-0.15, -0.1) is 11.3 Å². The molecule has 0 aliphatic carbocycles. The molecule has 1 aliphatic rings. The van der Waals surface area contributed by atoms with Gasteiger partial charge in [0.15, 0.2) is 5.78 Å². The molecule has 0 bridgehead atoms. The Bertz CT molecular complexity index is 419. The highest BCUT2D eigenvalue weighted by Gasteiger charge is 2.33. The monoisotopic (exact) mass is 268 g/mol. The fraction of sp³-hybridized carbons (Fsp3) is 0.692. The predicted molar refractivity (Wildman–Crippen MR) is 71.9 cm³/mol. The summed E-state index contributed by atoms with van der Waals surface area (Å²) >= 11 is 1.68. The maximum atomic E-state index is 12.4. The average molecular weight is 268 g/mol. The van der Waals surface area contributed by atoms with Crippen LogP contribution in [0.1, 0.15) is 23.2 Å². The van der Waals surface area contributed by atoms with Crippen LogP contribution in [-0.2, 0) is 16.0 Å². The van der Waals surface area contributed by atoms with E-state index in [0.717, 1.165) is 17.8 Å². The van der Waals surface area contributed by atoms with Crippen molar-refractivity contribution in [2.75, 3.05) is 13.7 Å². The highest BCUT2D eigenvalue weighted by atomic mass is 32.1. The quantitative estimate of drug-likeness (QED) is 0.904. The molecule has 18 heavy (non-hydrogen) atoms. The second-order valence-electron chi connectivity index (χ2n) is 4.78. The van der Waals surface area contributed by atoms with E-state index in [-0.39, 0.29) is 23.8 Å². The number of ether oxygens (including phenoxy) is 1. The number of aryl methyl sites for hydroxylation is 1. The second kappa shape index (κ2) is 5.91. The minimum atomic E-state index is -0.188. The Morgan fingerprint density at radius 2 is 2.39 bits per heavy atom. The van der Waals surface area contributed by atoms with Gasteiger partial charge in [0.1, 0.15) is 0 Å². The molecule has 3 unspecified atom stereocenters. The number of ketones is 1. The van der Waals surface area contributed by atoms with Gasteiger partial charge in [-0.25, -0.2) is 4.98 Å². The van der Waals surface area contributed by atoms with Crippen LogP contribution in [-0.4, -0.2) is 36.6 Å². The minimum absolute atomic E-state index is 0.0457. The molecular weight excluding hydrogens is 248 g/mol. The number of thiazole rings is 1. The van der Waals surface area contributed by atoms with Crippen molar-refractivity contribution in [1.29, 1.82) is 0 Å². The lowest BCUT2D eigenvalue weighted by atomic mass is 9.91. The fourth-order valence-corrected chi connectivity index (χ4v) is 3.32. The molecule has 0 radical (unpaired) electrons. The van der Waals surface area contributed by atoms with Crippen LogP contribution >= 0.6 is 11.3 Å². The molecule has 2 rings (SSSR count). The first-order valence-corrected chi connectivity index (χ1v) is 7.17. The van der Waals surface area contributed by atoms with Crippen molar-refractivity contribution in [3.8, 4) is 0 Å². The molecule has 2 heterocycles. The smallest absolute Gasteiger partial charge is 0.155 e. The summed E-state index contributed by atoms with van der Waals surface area (Å²) < 4.78 is 5.65. The molecule has 0 aromatic carbocycles. The van der Waals surface area contributed by atoms with Gasteiger partial charge in [0.25, 0.3) is 0 Å². The molecule has 1 N–H and O–H groups in total. The minimum Gasteiger partial charge on any atom is -0.376 e. The van der Waals surface area contributed by atoms with Crippen LogP contribution in [0, 0.1) is 12.8 Å². The Balaban J connectivity index is 2.09. The number of nitrogens with one attached hydrogen (secondary N) is 1. The SMILES string of the molecule is CNC1C(=O)C(Cc2cnc(C)s2)CCOC1C. The molecule has 1 fully saturated rings. The van der Waals surface area contributed by atoms with E-state index in [9.17, 15) is 4.79 Å². The summed E-state index contributed by atoms with van der Waals surface area (Å²) in [6, 6.07) is -0.188. The maximum Gasteiger partial charge on any atom is 0.155 e. The maximum absolute atomic E-state index is 12.4. The van der Waals surface area contributed by atoms with Crippen LogP contribution in [0.5, 0.6) is 0 Å². The van der Waals surface area contributed by atoms with E-state index in [0.29, 0.717) is 6.61 Å². The van der Waals surface area contributed by atoms with Crippen molar-refractivity contribution in [2.45, 2.75) is 38.8 Å². The average Bonchev–Trinajstić information content (AvgIpc) is 2.68. The number of likely N-dealkylation sites (N-methyl/N-ethyl adjacent to an activating group) is 1. The lowest BCUT2D eigenvalue weighted by molar-refractivity contribution is -0.125. The molecule has 0 amide bonds. The van der Waals surface area contributed by atoms with Gasteiger partial charge >= 0.3 is 0 Å². The summed E-state index contributed by atoms with van der Waals surface area (Å²) in [5.41, 5.74) is 0. The Morgan fingerprint density at radius 1 is 1.61 bits per heavy atom. The zero-order valence-corrected chi connectivity index (χ0v) is 11.9. The Labute approximate surface area is 112 Å². The standard InChI is InChI=1S/C13H20N2O2S/c1-8-12(14-3)13(16)10(4-5-17-8)6-11-7-15-9(2)18-11/h7-8,10,12,14H,4-6H2,1-3H3. The van der Waals surface area contributed by atoms with Crippen LogP contribution in [0.25, 0.3) is 0 Å². The third-order valence-electron chi connectivity index (χ3n) is 3.45. The van der Waals surface area contributed by atoms with E-state index in [1.54, 1.807) is 11.3 Å². The van der Waals surface area contributed by atoms with Gasteiger partial charge in [-0.2, -0.15) is 0 Å². The van der Waals surface area contributed by atoms with Crippen molar-refractivity contribution >= 4 is 17.1 Å². The van der Waals surface area contributed by atoms with Gasteiger partial charge in [0, 0.05) is 23.6 Å². The van der Waals surface area contributed by atoms with Gasteiger partial charge in [0.2, 0.25) is 0 Å². The Morgan fingerprint density at radius 3 is 3.00 bits per heavy atom. The number of aromatic nitrogens is 1. The number of Topliss-reactive ketones (excluding diaryl/α,β-unsaturated/α-hetero) is 1. The van der Waals surface area contributed by atoms with E-state index in [2.05, 4.69) is 10.3 Å². The molecule has 1 saturated heterocycles. The molecule has 100 valence electrons. The van der Waals surface area contributed by atoms with Crippen LogP contribution in [0.4, 0.5) is 0 Å². The summed E-state index contributed by atoms with van der Waals surface area (Å²) in [7, 11) is 1.82. The van der Waals surface area contributed by atoms with Gasteiger partial charge < -0.3 is 10.1 Å². The summed E-state index contributed by atoms with van der Waals surface area (Å²) in [6.07, 6.45) is 3.43. The third-order valence-corrected chi connectivity index (χ3v) is 4.39. The number of hydrogen-bond donors (Lipinski definition) is 1. The van der Waals surface area contributed by atoms with Crippen LogP contribution in [0.15, 0.2) is 6.20 Å². The highest BCUT2D eigenvalue weighted by molar-refractivity contribution is 7.11. The van der Waals surface area contributed by atoms with Crippen LogP contribution < -0.4 is 5.32 Å². The number of rotatable bonds is 3. The lowest BCUT2D eigenvalue weighted by Gasteiger charge is -2.21. The van der Waals surface area contributed by atoms with Crippen molar-refractivity contribution < 1.29 is 9.53 Å². The first-order chi connectivity index (χ1) is 8.61. The Kier molecular flexibility index (Phi) is 4.48. The van der Waals surface area contributed by atoms with E-state index in [4.69, 9.17) is 4.74 Å². The number of carbonyl (C=O) groups is 1. The zero-order valence-electron chi connectivity index (χ0n) is 11.1. The molecule has 1 aromatic heterocycles. The summed E-state index contributed by atoms with van der Waals surface area (Å²) in [5.74, 6) is 0.320. The number of hydrogen-bond acceptors (Lipinski definition) is 5. The van der Waals surface area contributed by atoms with E-state index < -0.39 is 0 Å². The summed E-state index contributed by atoms with van der Waals surface area (Å²) in [4.78, 5) is 17.9. The molecular formula is C13H20N2O2S. The third kappa shape index (κ3) is 2.96. The first-order valence-electron chi connectivity index (χ1n) is 6.35. The molecule has 0 spiro atoms. The molecule has 1 aromatic rings. The molecule has 0 saturated carbocycles. The Hall–Kier alpha value is -0.780. The molecule has 3 atom stereocenters. The number of nitrogens with zero attached hydrogens (tertiary/aromatic N) is 1. The molecule has 4 nitrogen and oxygen atoms in total. The van der Waals surface area contributed by atoms with Gasteiger partial charge in [-0.05, 0) is 33.7 Å². The summed E-state index contributed by atoms with van der Waals surface area (Å²) in [5, 5.41) is 4.13. The van der Waals surface area contributed by atoms with E-state index in [1.807, 2.05) is 27.1 Å². The highest BCUT2D eigenvalue weighted by Crippen LogP contribution is 2.23. The zero-order chi connectivity index (χ0) is 13.1. The lowest BCUT2D eigenvalue weighted by Crippen LogP contribution is -2.45. The van der Waals surface area contributed by atoms with Crippen LogP contribution in [0.2, 0.25) is 0 Å². The van der Waals surface area contributed by atoms with Crippen molar-refractivity contribution in [3.63, 3.8) is 0 Å². The normalized spacial score (nSPS) is 29.3. The largest absolute Gasteiger partial charge is 0.376 e. The first kappa shape index (κ1) is 13.6. The van der Waals surface area contributed by atoms with Gasteiger partial charge in [0.05, 0.1) is 17.2 Å². The van der Waals surface area contributed by atoms with Crippen molar-refractivity contribution in [2.24, 2.45) is 5.92 Å². The number of carbonyl (C=O) groups excluding carboxylic acids is 1.